The van der Waals surface area contributed by atoms with Gasteiger partial charge in [-0.05, 0) is 32.0 Å². The normalized spacial score (nSPS) is 12.4. The standard InChI is InChI=1S/C27H28O7/c1-6-24(28)33-17(3)15-31-26-20-10-8-9-11-21(20)27(32-16-18(4)34-25(29)7-2)23-14-19(30-5)12-13-22(23)26/h6-14,17-18H,1-2,15-16H2,3-5H3. The first kappa shape index (κ1) is 24.6. The third-order valence-electron chi connectivity index (χ3n) is 5.03. The van der Waals surface area contributed by atoms with Crippen molar-refractivity contribution in [2.45, 2.75) is 26.1 Å². The summed E-state index contributed by atoms with van der Waals surface area (Å²) >= 11 is 0. The second kappa shape index (κ2) is 11.2. The predicted molar refractivity (Wildman–Crippen MR) is 130 cm³/mol. The van der Waals surface area contributed by atoms with E-state index in [0.29, 0.717) is 17.2 Å². The molecule has 0 amide bonds. The van der Waals surface area contributed by atoms with Gasteiger partial charge in [0.1, 0.15) is 42.7 Å². The van der Waals surface area contributed by atoms with Crippen LogP contribution in [-0.4, -0.2) is 44.5 Å². The summed E-state index contributed by atoms with van der Waals surface area (Å²) in [4.78, 5) is 23.1. The summed E-state index contributed by atoms with van der Waals surface area (Å²) in [6.07, 6.45) is 1.27. The van der Waals surface area contributed by atoms with Gasteiger partial charge in [0.05, 0.1) is 7.11 Å². The molecule has 3 aromatic carbocycles. The van der Waals surface area contributed by atoms with Crippen LogP contribution < -0.4 is 14.2 Å². The molecule has 3 rings (SSSR count). The van der Waals surface area contributed by atoms with E-state index in [0.717, 1.165) is 33.7 Å². The van der Waals surface area contributed by atoms with Crippen LogP contribution in [0.3, 0.4) is 0 Å². The smallest absolute Gasteiger partial charge is 0.330 e. The molecule has 0 saturated carbocycles. The molecule has 7 heteroatoms. The molecule has 0 heterocycles. The molecule has 0 fully saturated rings. The van der Waals surface area contributed by atoms with Crippen molar-refractivity contribution >= 4 is 33.5 Å². The first-order chi connectivity index (χ1) is 16.4. The van der Waals surface area contributed by atoms with Gasteiger partial charge in [-0.15, -0.1) is 0 Å². The molecule has 34 heavy (non-hydrogen) atoms. The molecule has 2 atom stereocenters. The average molecular weight is 465 g/mol. The van der Waals surface area contributed by atoms with Crippen LogP contribution in [-0.2, 0) is 19.1 Å². The summed E-state index contributed by atoms with van der Waals surface area (Å²) in [5.41, 5.74) is 0. The van der Waals surface area contributed by atoms with Crippen LogP contribution in [0.25, 0.3) is 21.5 Å². The number of hydrogen-bond acceptors (Lipinski definition) is 7. The third-order valence-corrected chi connectivity index (χ3v) is 5.03. The van der Waals surface area contributed by atoms with E-state index in [-0.39, 0.29) is 13.2 Å². The Kier molecular flexibility index (Phi) is 8.14. The van der Waals surface area contributed by atoms with E-state index < -0.39 is 24.1 Å². The van der Waals surface area contributed by atoms with Crippen LogP contribution in [0.4, 0.5) is 0 Å². The van der Waals surface area contributed by atoms with Crippen molar-refractivity contribution in [2.75, 3.05) is 20.3 Å². The lowest BCUT2D eigenvalue weighted by atomic mass is 10.00. The van der Waals surface area contributed by atoms with Gasteiger partial charge in [-0.2, -0.15) is 0 Å². The number of carbonyl (C=O) groups excluding carboxylic acids is 2. The molecule has 0 aliphatic heterocycles. The Hall–Kier alpha value is -4.00. The van der Waals surface area contributed by atoms with Gasteiger partial charge in [0.15, 0.2) is 0 Å². The Labute approximate surface area is 198 Å². The van der Waals surface area contributed by atoms with E-state index in [9.17, 15) is 9.59 Å². The van der Waals surface area contributed by atoms with Gasteiger partial charge in [-0.3, -0.25) is 0 Å². The molecule has 2 unspecified atom stereocenters. The fourth-order valence-corrected chi connectivity index (χ4v) is 3.48. The van der Waals surface area contributed by atoms with Crippen LogP contribution in [0.1, 0.15) is 13.8 Å². The summed E-state index contributed by atoms with van der Waals surface area (Å²) in [7, 11) is 1.59. The molecule has 0 radical (unpaired) electrons. The minimum Gasteiger partial charge on any atom is -0.497 e. The number of rotatable bonds is 11. The van der Waals surface area contributed by atoms with Crippen molar-refractivity contribution in [3.8, 4) is 17.2 Å². The van der Waals surface area contributed by atoms with Crippen LogP contribution in [0, 0.1) is 0 Å². The number of hydrogen-bond donors (Lipinski definition) is 0. The van der Waals surface area contributed by atoms with E-state index in [2.05, 4.69) is 13.2 Å². The SMILES string of the molecule is C=CC(=O)OC(C)COc1c2ccccc2c(OCC(C)OC(=O)C=C)c2cc(OC)ccc12. The minimum absolute atomic E-state index is 0.143. The van der Waals surface area contributed by atoms with E-state index >= 15 is 0 Å². The van der Waals surface area contributed by atoms with Crippen molar-refractivity contribution < 1.29 is 33.3 Å². The summed E-state index contributed by atoms with van der Waals surface area (Å²) < 4.78 is 28.3. The molecule has 0 saturated heterocycles. The zero-order valence-electron chi connectivity index (χ0n) is 19.5. The van der Waals surface area contributed by atoms with Gasteiger partial charge in [0.2, 0.25) is 0 Å². The van der Waals surface area contributed by atoms with E-state index in [1.165, 1.54) is 0 Å². The van der Waals surface area contributed by atoms with Crippen molar-refractivity contribution in [2.24, 2.45) is 0 Å². The van der Waals surface area contributed by atoms with Gasteiger partial charge in [0, 0.05) is 33.7 Å². The second-order valence-electron chi connectivity index (χ2n) is 7.64. The van der Waals surface area contributed by atoms with Crippen molar-refractivity contribution in [1.82, 2.24) is 0 Å². The lowest BCUT2D eigenvalue weighted by Gasteiger charge is -2.21. The van der Waals surface area contributed by atoms with Gasteiger partial charge >= 0.3 is 11.9 Å². The van der Waals surface area contributed by atoms with Crippen LogP contribution in [0.2, 0.25) is 0 Å². The Bertz CT molecular complexity index is 1210. The van der Waals surface area contributed by atoms with E-state index in [1.54, 1.807) is 21.0 Å². The van der Waals surface area contributed by atoms with Crippen molar-refractivity contribution in [1.29, 1.82) is 0 Å². The summed E-state index contributed by atoms with van der Waals surface area (Å²) in [5, 5.41) is 3.21. The quantitative estimate of drug-likeness (QED) is 0.225. The number of methoxy groups -OCH3 is 1. The maximum atomic E-state index is 11.5. The second-order valence-corrected chi connectivity index (χ2v) is 7.64. The lowest BCUT2D eigenvalue weighted by molar-refractivity contribution is -0.144. The molecule has 0 aliphatic rings. The minimum atomic E-state index is -0.512. The number of ether oxygens (including phenoxy) is 5. The highest BCUT2D eigenvalue weighted by molar-refractivity contribution is 6.11. The van der Waals surface area contributed by atoms with Crippen LogP contribution in [0.15, 0.2) is 67.8 Å². The maximum Gasteiger partial charge on any atom is 0.330 e. The van der Waals surface area contributed by atoms with Gasteiger partial charge < -0.3 is 23.7 Å². The van der Waals surface area contributed by atoms with Gasteiger partial charge in [-0.25, -0.2) is 9.59 Å². The molecule has 0 spiro atoms. The number of carbonyl (C=O) groups is 2. The Morgan fingerprint density at radius 1 is 0.794 bits per heavy atom. The first-order valence-corrected chi connectivity index (χ1v) is 10.8. The molecule has 7 nitrogen and oxygen atoms in total. The molecule has 178 valence electrons. The zero-order valence-corrected chi connectivity index (χ0v) is 19.5. The average Bonchev–Trinajstić information content (AvgIpc) is 2.85. The van der Waals surface area contributed by atoms with Crippen LogP contribution in [0.5, 0.6) is 17.2 Å². The third kappa shape index (κ3) is 5.67. The Balaban J connectivity index is 2.05. The number of esters is 2. The summed E-state index contributed by atoms with van der Waals surface area (Å²) in [6.45, 7) is 10.6. The Morgan fingerprint density at radius 2 is 1.26 bits per heavy atom. The highest BCUT2D eigenvalue weighted by Crippen LogP contribution is 2.44. The molecule has 0 aromatic heterocycles. The fraction of sp³-hybridized carbons (Fsp3) is 0.259. The maximum absolute atomic E-state index is 11.5. The van der Waals surface area contributed by atoms with Gasteiger partial charge in [-0.1, -0.05) is 37.4 Å². The predicted octanol–water partition coefficient (Wildman–Crippen LogP) is 4.99. The molecular weight excluding hydrogens is 436 g/mol. The Morgan fingerprint density at radius 3 is 1.74 bits per heavy atom. The highest BCUT2D eigenvalue weighted by Gasteiger charge is 2.19. The topological polar surface area (TPSA) is 80.3 Å². The number of benzene rings is 3. The fourth-order valence-electron chi connectivity index (χ4n) is 3.48. The molecule has 3 aromatic rings. The molecular formula is C27H28O7. The van der Waals surface area contributed by atoms with Crippen molar-refractivity contribution in [3.63, 3.8) is 0 Å². The van der Waals surface area contributed by atoms with Crippen LogP contribution >= 0.6 is 0 Å². The largest absolute Gasteiger partial charge is 0.497 e. The number of fused-ring (bicyclic) bond motifs is 2. The molecule has 0 aliphatic carbocycles. The van der Waals surface area contributed by atoms with Crippen molar-refractivity contribution in [3.05, 3.63) is 67.8 Å². The summed E-state index contributed by atoms with van der Waals surface area (Å²) in [6, 6.07) is 13.3. The van der Waals surface area contributed by atoms with E-state index in [4.69, 9.17) is 23.7 Å². The highest BCUT2D eigenvalue weighted by atomic mass is 16.6. The van der Waals surface area contributed by atoms with Gasteiger partial charge in [0.25, 0.3) is 0 Å². The summed E-state index contributed by atoms with van der Waals surface area (Å²) in [5.74, 6) is 0.879. The molecule has 0 N–H and O–H groups in total. The monoisotopic (exact) mass is 464 g/mol. The first-order valence-electron chi connectivity index (χ1n) is 10.8. The van der Waals surface area contributed by atoms with E-state index in [1.807, 2.05) is 42.5 Å². The molecule has 0 bridgehead atoms. The zero-order chi connectivity index (χ0) is 24.7. The lowest BCUT2D eigenvalue weighted by Crippen LogP contribution is -2.21.